The van der Waals surface area contributed by atoms with E-state index in [4.69, 9.17) is 9.47 Å². The van der Waals surface area contributed by atoms with Crippen molar-refractivity contribution in [3.63, 3.8) is 0 Å². The van der Waals surface area contributed by atoms with Gasteiger partial charge in [-0.3, -0.25) is 19.2 Å². The van der Waals surface area contributed by atoms with Crippen molar-refractivity contribution < 1.29 is 28.7 Å². The van der Waals surface area contributed by atoms with Crippen LogP contribution in [0.4, 0.5) is 11.4 Å². The van der Waals surface area contributed by atoms with E-state index in [-0.39, 0.29) is 47.3 Å². The van der Waals surface area contributed by atoms with Crippen molar-refractivity contribution in [3.8, 4) is 11.5 Å². The fourth-order valence-corrected chi connectivity index (χ4v) is 7.61. The normalized spacial score (nSPS) is 35.5. The highest BCUT2D eigenvalue weighted by atomic mass is 16.5. The lowest BCUT2D eigenvalue weighted by Gasteiger charge is -2.60. The van der Waals surface area contributed by atoms with Gasteiger partial charge < -0.3 is 9.47 Å². The summed E-state index contributed by atoms with van der Waals surface area (Å²) >= 11 is 0. The van der Waals surface area contributed by atoms with E-state index in [1.807, 2.05) is 12.2 Å². The molecule has 2 aliphatic heterocycles. The Bertz CT molecular complexity index is 1330. The molecule has 0 radical (unpaired) electrons. The van der Waals surface area contributed by atoms with Crippen molar-refractivity contribution in [2.45, 2.75) is 0 Å². The minimum atomic E-state index is -0.519. The molecule has 2 saturated carbocycles. The first-order chi connectivity index (χ1) is 17.5. The van der Waals surface area contributed by atoms with E-state index in [1.54, 1.807) is 48.5 Å². The second kappa shape index (κ2) is 7.29. The van der Waals surface area contributed by atoms with Gasteiger partial charge in [0.05, 0.1) is 49.3 Å². The number of hydrogen-bond acceptors (Lipinski definition) is 6. The van der Waals surface area contributed by atoms with Gasteiger partial charge in [-0.15, -0.1) is 0 Å². The molecule has 2 heterocycles. The van der Waals surface area contributed by atoms with Crippen molar-refractivity contribution in [1.29, 1.82) is 0 Å². The van der Waals surface area contributed by atoms with Crippen molar-refractivity contribution >= 4 is 35.0 Å². The first kappa shape index (κ1) is 21.4. The van der Waals surface area contributed by atoms with Gasteiger partial charge in [0, 0.05) is 12.1 Å². The standard InChI is InChI=1S/C28H24N2O6/c1-35-15-7-3-5-13(11-15)29-25(31)21-17-9-10-18(22(21)26(29)32)20-19(17)23-24(20)28(34)30(27(23)33)14-6-4-8-16(12-14)36-2/h3-12,17-24H,1-2H3/t17-,18-,19-,20-,21-,22+,23-,24+/m0/s1. The van der Waals surface area contributed by atoms with Gasteiger partial charge in [-0.25, -0.2) is 9.80 Å². The monoisotopic (exact) mass is 484 g/mol. The lowest BCUT2D eigenvalue weighted by atomic mass is 9.40. The summed E-state index contributed by atoms with van der Waals surface area (Å²) in [4.78, 5) is 57.0. The number of benzene rings is 2. The van der Waals surface area contributed by atoms with Crippen LogP contribution in [0, 0.1) is 47.3 Å². The van der Waals surface area contributed by atoms with Gasteiger partial charge in [-0.1, -0.05) is 24.3 Å². The maximum absolute atomic E-state index is 13.7. The average Bonchev–Trinajstić information content (AvgIpc) is 3.27. The van der Waals surface area contributed by atoms with Crippen molar-refractivity contribution in [3.05, 3.63) is 60.7 Å². The summed E-state index contributed by atoms with van der Waals surface area (Å²) < 4.78 is 10.6. The molecule has 36 heavy (non-hydrogen) atoms. The third-order valence-corrected chi connectivity index (χ3v) is 8.97. The predicted molar refractivity (Wildman–Crippen MR) is 128 cm³/mol. The van der Waals surface area contributed by atoms with Crippen LogP contribution in [0.1, 0.15) is 0 Å². The van der Waals surface area contributed by atoms with E-state index in [0.717, 1.165) is 0 Å². The van der Waals surface area contributed by atoms with E-state index < -0.39 is 23.7 Å². The molecule has 4 fully saturated rings. The highest BCUT2D eigenvalue weighted by molar-refractivity contribution is 6.25. The van der Waals surface area contributed by atoms with E-state index in [1.165, 1.54) is 24.0 Å². The molecule has 0 unspecified atom stereocenters. The molecule has 182 valence electrons. The average molecular weight is 485 g/mol. The van der Waals surface area contributed by atoms with Crippen molar-refractivity contribution in [2.24, 2.45) is 47.3 Å². The van der Waals surface area contributed by atoms with Crippen LogP contribution in [0.15, 0.2) is 60.7 Å². The Morgan fingerprint density at radius 1 is 0.583 bits per heavy atom. The fraction of sp³-hybridized carbons (Fsp3) is 0.357. The number of methoxy groups -OCH3 is 2. The summed E-state index contributed by atoms with van der Waals surface area (Å²) in [5.74, 6) is -2.52. The Labute approximate surface area is 207 Å². The lowest BCUT2D eigenvalue weighted by molar-refractivity contribution is -0.166. The molecule has 8 nitrogen and oxygen atoms in total. The Hall–Kier alpha value is -3.94. The molecule has 4 aliphatic carbocycles. The summed E-state index contributed by atoms with van der Waals surface area (Å²) in [6, 6.07) is 13.9. The van der Waals surface area contributed by atoms with Crippen LogP contribution in [0.5, 0.6) is 11.5 Å². The zero-order valence-corrected chi connectivity index (χ0v) is 19.7. The van der Waals surface area contributed by atoms with Crippen LogP contribution >= 0.6 is 0 Å². The molecule has 0 aromatic heterocycles. The Morgan fingerprint density at radius 3 is 1.36 bits per heavy atom. The molecule has 2 aromatic rings. The zero-order chi connectivity index (χ0) is 24.9. The lowest BCUT2D eigenvalue weighted by Crippen LogP contribution is -2.63. The van der Waals surface area contributed by atoms with Gasteiger partial charge >= 0.3 is 0 Å². The number of amides is 4. The molecule has 8 heteroatoms. The molecular formula is C28H24N2O6. The van der Waals surface area contributed by atoms with Crippen LogP contribution in [0.25, 0.3) is 0 Å². The molecule has 8 rings (SSSR count). The number of anilines is 2. The van der Waals surface area contributed by atoms with E-state index in [9.17, 15) is 19.2 Å². The molecule has 6 aliphatic rings. The molecule has 8 atom stereocenters. The number of imide groups is 2. The SMILES string of the molecule is COc1cccc(N2C(=O)[C@@H]3[C@H]4C=C[C@H]([C@@H]3C2=O)[C@@H]2[C@@H]3C(=O)N(c5cccc(OC)c5)C(=O)[C@@H]3[C@@H]42)c1. The maximum Gasteiger partial charge on any atom is 0.238 e. The first-order valence-corrected chi connectivity index (χ1v) is 12.2. The highest BCUT2D eigenvalue weighted by Gasteiger charge is 2.75. The van der Waals surface area contributed by atoms with Gasteiger partial charge in [0.1, 0.15) is 11.5 Å². The maximum atomic E-state index is 13.7. The molecule has 0 spiro atoms. The van der Waals surface area contributed by atoms with Crippen molar-refractivity contribution in [1.82, 2.24) is 0 Å². The van der Waals surface area contributed by atoms with Crippen LogP contribution in [-0.4, -0.2) is 37.8 Å². The second-order valence-electron chi connectivity index (χ2n) is 10.2. The van der Waals surface area contributed by atoms with Crippen LogP contribution in [0.3, 0.4) is 0 Å². The summed E-state index contributed by atoms with van der Waals surface area (Å²) in [7, 11) is 3.08. The second-order valence-corrected chi connectivity index (χ2v) is 10.2. The highest BCUT2D eigenvalue weighted by Crippen LogP contribution is 2.68. The van der Waals surface area contributed by atoms with Crippen LogP contribution in [-0.2, 0) is 19.2 Å². The Kier molecular flexibility index (Phi) is 4.32. The fourth-order valence-electron chi connectivity index (χ4n) is 7.61. The minimum Gasteiger partial charge on any atom is -0.497 e. The van der Waals surface area contributed by atoms with Gasteiger partial charge in [-0.05, 0) is 47.9 Å². The number of ether oxygens (including phenoxy) is 2. The van der Waals surface area contributed by atoms with E-state index in [2.05, 4.69) is 0 Å². The van der Waals surface area contributed by atoms with Gasteiger partial charge in [-0.2, -0.15) is 0 Å². The molecule has 2 aromatic carbocycles. The third kappa shape index (κ3) is 2.49. The largest absolute Gasteiger partial charge is 0.497 e. The zero-order valence-electron chi connectivity index (χ0n) is 19.7. The third-order valence-electron chi connectivity index (χ3n) is 8.97. The Balaban J connectivity index is 1.24. The van der Waals surface area contributed by atoms with E-state index in [0.29, 0.717) is 22.9 Å². The first-order valence-electron chi connectivity index (χ1n) is 12.2. The topological polar surface area (TPSA) is 93.2 Å². The molecule has 0 N–H and O–H groups in total. The van der Waals surface area contributed by atoms with Gasteiger partial charge in [0.25, 0.3) is 0 Å². The summed E-state index contributed by atoms with van der Waals surface area (Å²) in [5, 5.41) is 0. The van der Waals surface area contributed by atoms with Gasteiger partial charge in [0.15, 0.2) is 0 Å². The summed E-state index contributed by atoms with van der Waals surface area (Å²) in [6.45, 7) is 0. The number of carbonyl (C=O) groups excluding carboxylic acids is 4. The number of rotatable bonds is 4. The molecule has 2 bridgehead atoms. The quantitative estimate of drug-likeness (QED) is 0.489. The van der Waals surface area contributed by atoms with Crippen LogP contribution < -0.4 is 19.3 Å². The number of carbonyl (C=O) groups is 4. The molecular weight excluding hydrogens is 460 g/mol. The van der Waals surface area contributed by atoms with E-state index >= 15 is 0 Å². The van der Waals surface area contributed by atoms with Crippen LogP contribution in [0.2, 0.25) is 0 Å². The smallest absolute Gasteiger partial charge is 0.238 e. The number of hydrogen-bond donors (Lipinski definition) is 0. The van der Waals surface area contributed by atoms with Gasteiger partial charge in [0.2, 0.25) is 23.6 Å². The number of fused-ring (bicyclic) bond motifs is 1. The molecule has 4 amide bonds. The minimum absolute atomic E-state index is 0.125. The Morgan fingerprint density at radius 2 is 0.972 bits per heavy atom. The summed E-state index contributed by atoms with van der Waals surface area (Å²) in [5.41, 5.74) is 0.981. The van der Waals surface area contributed by atoms with Crippen molar-refractivity contribution in [2.75, 3.05) is 24.0 Å². The summed E-state index contributed by atoms with van der Waals surface area (Å²) in [6.07, 6.45) is 4.02. The predicted octanol–water partition coefficient (Wildman–Crippen LogP) is 2.68. The molecule has 2 saturated heterocycles. The number of nitrogens with zero attached hydrogens (tertiary/aromatic N) is 2. The number of allylic oxidation sites excluding steroid dienone is 2.